The Morgan fingerprint density at radius 1 is 1.27 bits per heavy atom. The van der Waals surface area contributed by atoms with Gasteiger partial charge in [0.1, 0.15) is 6.61 Å². The molecule has 4 rings (SSSR count). The number of carbonyl (C=O) groups is 2. The van der Waals surface area contributed by atoms with Gasteiger partial charge in [-0.15, -0.1) is 23.1 Å². The molecule has 6 nitrogen and oxygen atoms in total. The fourth-order valence-electron chi connectivity index (χ4n) is 3.15. The molecule has 1 N–H and O–H groups in total. The summed E-state index contributed by atoms with van der Waals surface area (Å²) in [5.41, 5.74) is 3.37. The van der Waals surface area contributed by atoms with Gasteiger partial charge in [-0.3, -0.25) is 9.69 Å². The van der Waals surface area contributed by atoms with E-state index in [4.69, 9.17) is 4.74 Å². The molecule has 0 saturated carbocycles. The molecule has 1 saturated heterocycles. The van der Waals surface area contributed by atoms with Crippen molar-refractivity contribution in [3.8, 4) is 0 Å². The zero-order chi connectivity index (χ0) is 20.9. The minimum atomic E-state index is -0.336. The van der Waals surface area contributed by atoms with E-state index >= 15 is 0 Å². The molecule has 0 radical (unpaired) electrons. The van der Waals surface area contributed by atoms with Crippen molar-refractivity contribution in [1.82, 2.24) is 10.3 Å². The molecule has 0 spiro atoms. The molecule has 0 bridgehead atoms. The maximum absolute atomic E-state index is 12.8. The molecule has 154 valence electrons. The number of rotatable bonds is 7. The van der Waals surface area contributed by atoms with E-state index in [-0.39, 0.29) is 12.0 Å². The molecular weight excluding hydrogens is 418 g/mol. The lowest BCUT2D eigenvalue weighted by atomic mass is 10.1. The first-order valence-electron chi connectivity index (χ1n) is 9.54. The first-order valence-corrected chi connectivity index (χ1v) is 11.4. The van der Waals surface area contributed by atoms with Crippen molar-refractivity contribution >= 4 is 40.8 Å². The molecule has 1 fully saturated rings. The minimum absolute atomic E-state index is 0.126. The van der Waals surface area contributed by atoms with Gasteiger partial charge in [-0.1, -0.05) is 24.3 Å². The molecule has 1 aliphatic heterocycles. The number of amides is 2. The Morgan fingerprint density at radius 3 is 2.90 bits per heavy atom. The number of cyclic esters (lactones) is 1. The van der Waals surface area contributed by atoms with Crippen molar-refractivity contribution < 1.29 is 14.3 Å². The van der Waals surface area contributed by atoms with Crippen LogP contribution in [-0.4, -0.2) is 30.1 Å². The van der Waals surface area contributed by atoms with Crippen LogP contribution in [0.25, 0.3) is 0 Å². The van der Waals surface area contributed by atoms with Crippen LogP contribution in [0.5, 0.6) is 0 Å². The van der Waals surface area contributed by atoms with Crippen LogP contribution in [0, 0.1) is 6.92 Å². The molecule has 2 amide bonds. The lowest BCUT2D eigenvalue weighted by Crippen LogP contribution is -2.25. The molecule has 3 aromatic rings. The number of aromatic nitrogens is 1. The van der Waals surface area contributed by atoms with Crippen molar-refractivity contribution in [2.24, 2.45) is 0 Å². The highest BCUT2D eigenvalue weighted by atomic mass is 32.2. The Bertz CT molecular complexity index is 1070. The fourth-order valence-corrected chi connectivity index (χ4v) is 4.81. The first kappa shape index (κ1) is 20.4. The predicted octanol–water partition coefficient (Wildman–Crippen LogP) is 4.63. The van der Waals surface area contributed by atoms with Crippen molar-refractivity contribution in [1.29, 1.82) is 0 Å². The highest BCUT2D eigenvalue weighted by Gasteiger charge is 2.23. The first-order chi connectivity index (χ1) is 14.6. The second-order valence-corrected chi connectivity index (χ2v) is 8.84. The second kappa shape index (κ2) is 9.32. The number of thiazole rings is 1. The van der Waals surface area contributed by atoms with E-state index in [1.54, 1.807) is 28.0 Å². The summed E-state index contributed by atoms with van der Waals surface area (Å²) >= 11 is 3.24. The van der Waals surface area contributed by atoms with Crippen LogP contribution in [0.1, 0.15) is 26.6 Å². The average molecular weight is 440 g/mol. The summed E-state index contributed by atoms with van der Waals surface area (Å²) < 4.78 is 5.00. The molecule has 1 aliphatic rings. The van der Waals surface area contributed by atoms with Crippen molar-refractivity contribution in [3.05, 3.63) is 75.7 Å². The van der Waals surface area contributed by atoms with Crippen LogP contribution in [0.15, 0.2) is 58.8 Å². The maximum atomic E-state index is 12.8. The molecule has 30 heavy (non-hydrogen) atoms. The predicted molar refractivity (Wildman–Crippen MR) is 119 cm³/mol. The zero-order valence-corrected chi connectivity index (χ0v) is 18.1. The third-order valence-electron chi connectivity index (χ3n) is 4.61. The molecule has 1 aromatic heterocycles. The molecule has 2 aromatic carbocycles. The number of anilines is 1. The van der Waals surface area contributed by atoms with Gasteiger partial charge in [-0.05, 0) is 36.8 Å². The molecule has 0 atom stereocenters. The van der Waals surface area contributed by atoms with Crippen LogP contribution >= 0.6 is 23.1 Å². The van der Waals surface area contributed by atoms with Crippen LogP contribution < -0.4 is 10.2 Å². The third-order valence-corrected chi connectivity index (χ3v) is 6.54. The largest absolute Gasteiger partial charge is 0.447 e. The van der Waals surface area contributed by atoms with E-state index in [2.05, 4.69) is 10.3 Å². The maximum Gasteiger partial charge on any atom is 0.414 e. The Morgan fingerprint density at radius 2 is 2.13 bits per heavy atom. The van der Waals surface area contributed by atoms with Gasteiger partial charge in [0.25, 0.3) is 5.91 Å². The number of hydrogen-bond acceptors (Lipinski definition) is 6. The molecule has 0 unspecified atom stereocenters. The standard InChI is InChI=1S/C22H21N3O3S2/c1-15-24-17(13-29-15)14-30-20-8-3-2-7-19(20)21(26)23-12-16-5-4-6-18(11-16)25-9-10-28-22(25)27/h2-8,11,13H,9-10,12,14H2,1H3,(H,23,26). The highest BCUT2D eigenvalue weighted by Crippen LogP contribution is 2.27. The number of thioether (sulfide) groups is 1. The number of nitrogens with zero attached hydrogens (tertiary/aromatic N) is 2. The van der Waals surface area contributed by atoms with Gasteiger partial charge >= 0.3 is 6.09 Å². The van der Waals surface area contributed by atoms with E-state index < -0.39 is 0 Å². The number of carbonyl (C=O) groups excluding carboxylic acids is 2. The minimum Gasteiger partial charge on any atom is -0.447 e. The molecule has 0 aliphatic carbocycles. The summed E-state index contributed by atoms with van der Waals surface area (Å²) in [4.78, 5) is 31.6. The summed E-state index contributed by atoms with van der Waals surface area (Å²) in [5, 5.41) is 6.08. The lowest BCUT2D eigenvalue weighted by molar-refractivity contribution is 0.0948. The number of hydrogen-bond donors (Lipinski definition) is 1. The normalized spacial score (nSPS) is 13.4. The Kier molecular flexibility index (Phi) is 6.35. The summed E-state index contributed by atoms with van der Waals surface area (Å²) in [7, 11) is 0. The van der Waals surface area contributed by atoms with E-state index in [1.165, 1.54) is 0 Å². The van der Waals surface area contributed by atoms with Crippen LogP contribution in [0.2, 0.25) is 0 Å². The average Bonchev–Trinajstić information content (AvgIpc) is 3.38. The fraction of sp³-hybridized carbons (Fsp3) is 0.227. The van der Waals surface area contributed by atoms with Gasteiger partial charge in [0.15, 0.2) is 0 Å². The summed E-state index contributed by atoms with van der Waals surface area (Å²) in [6.45, 7) is 3.30. The van der Waals surface area contributed by atoms with Gasteiger partial charge < -0.3 is 10.1 Å². The van der Waals surface area contributed by atoms with E-state index in [0.29, 0.717) is 25.3 Å². The van der Waals surface area contributed by atoms with Gasteiger partial charge in [-0.2, -0.15) is 0 Å². The quantitative estimate of drug-likeness (QED) is 0.544. The van der Waals surface area contributed by atoms with Gasteiger partial charge in [0.05, 0.1) is 22.8 Å². The van der Waals surface area contributed by atoms with Crippen LogP contribution in [0.3, 0.4) is 0 Å². The molecule has 2 heterocycles. The van der Waals surface area contributed by atoms with Crippen LogP contribution in [-0.2, 0) is 17.0 Å². The SMILES string of the molecule is Cc1nc(CSc2ccccc2C(=O)NCc2cccc(N3CCOC3=O)c2)cs1. The Balaban J connectivity index is 1.40. The third kappa shape index (κ3) is 4.83. The monoisotopic (exact) mass is 439 g/mol. The zero-order valence-electron chi connectivity index (χ0n) is 16.5. The van der Waals surface area contributed by atoms with Gasteiger partial charge in [-0.25, -0.2) is 9.78 Å². The van der Waals surface area contributed by atoms with E-state index in [1.807, 2.05) is 60.8 Å². The number of nitrogens with one attached hydrogen (secondary N) is 1. The van der Waals surface area contributed by atoms with Gasteiger partial charge in [0, 0.05) is 28.3 Å². The highest BCUT2D eigenvalue weighted by molar-refractivity contribution is 7.98. The summed E-state index contributed by atoms with van der Waals surface area (Å²) in [6, 6.07) is 15.2. The second-order valence-electron chi connectivity index (χ2n) is 6.76. The number of ether oxygens (including phenoxy) is 1. The topological polar surface area (TPSA) is 71.5 Å². The smallest absolute Gasteiger partial charge is 0.414 e. The number of aryl methyl sites for hydroxylation is 1. The van der Waals surface area contributed by atoms with Crippen molar-refractivity contribution in [2.45, 2.75) is 24.1 Å². The Hall–Kier alpha value is -2.84. The van der Waals surface area contributed by atoms with Crippen molar-refractivity contribution in [2.75, 3.05) is 18.1 Å². The van der Waals surface area contributed by atoms with E-state index in [9.17, 15) is 9.59 Å². The van der Waals surface area contributed by atoms with E-state index in [0.717, 1.165) is 32.6 Å². The number of benzene rings is 2. The van der Waals surface area contributed by atoms with Crippen molar-refractivity contribution in [3.63, 3.8) is 0 Å². The summed E-state index contributed by atoms with van der Waals surface area (Å²) in [5.74, 6) is 0.598. The summed E-state index contributed by atoms with van der Waals surface area (Å²) in [6.07, 6.45) is -0.336. The molecular formula is C22H21N3O3S2. The van der Waals surface area contributed by atoms with Crippen LogP contribution in [0.4, 0.5) is 10.5 Å². The molecule has 8 heteroatoms. The van der Waals surface area contributed by atoms with Gasteiger partial charge in [0.2, 0.25) is 0 Å². The lowest BCUT2D eigenvalue weighted by Gasteiger charge is -2.14. The Labute approximate surface area is 183 Å².